The zero-order chi connectivity index (χ0) is 13.0. The van der Waals surface area contributed by atoms with Crippen LogP contribution < -0.4 is 11.1 Å². The second kappa shape index (κ2) is 6.53. The third-order valence-corrected chi connectivity index (χ3v) is 4.67. The molecule has 1 amide bonds. The van der Waals surface area contributed by atoms with Gasteiger partial charge in [0.2, 0.25) is 5.91 Å². The van der Waals surface area contributed by atoms with Crippen molar-refractivity contribution in [1.82, 2.24) is 5.32 Å². The van der Waals surface area contributed by atoms with Gasteiger partial charge in [-0.1, -0.05) is 12.8 Å². The topological polar surface area (TPSA) is 75.4 Å². The van der Waals surface area contributed by atoms with Crippen molar-refractivity contribution in [3.8, 4) is 0 Å². The molecule has 4 atom stereocenters. The van der Waals surface area contributed by atoms with Crippen molar-refractivity contribution in [3.63, 3.8) is 0 Å². The Morgan fingerprint density at radius 1 is 1.17 bits per heavy atom. The normalized spacial score (nSPS) is 33.9. The van der Waals surface area contributed by atoms with Crippen LogP contribution in [0.2, 0.25) is 0 Å². The van der Waals surface area contributed by atoms with Crippen molar-refractivity contribution in [1.29, 1.82) is 0 Å². The lowest BCUT2D eigenvalue weighted by molar-refractivity contribution is -0.127. The summed E-state index contributed by atoms with van der Waals surface area (Å²) in [6.45, 7) is 1.03. The molecule has 4 N–H and O–H groups in total. The van der Waals surface area contributed by atoms with Crippen molar-refractivity contribution >= 4 is 5.91 Å². The number of carbonyl (C=O) groups excluding carboxylic acids is 1. The van der Waals surface area contributed by atoms with Gasteiger partial charge in [-0.25, -0.2) is 0 Å². The Kier molecular flexibility index (Phi) is 5.01. The van der Waals surface area contributed by atoms with Gasteiger partial charge < -0.3 is 16.2 Å². The van der Waals surface area contributed by atoms with E-state index in [9.17, 15) is 4.79 Å². The van der Waals surface area contributed by atoms with E-state index < -0.39 is 0 Å². The monoisotopic (exact) mass is 254 g/mol. The van der Waals surface area contributed by atoms with E-state index in [1.54, 1.807) is 0 Å². The highest BCUT2D eigenvalue weighted by Crippen LogP contribution is 2.47. The summed E-state index contributed by atoms with van der Waals surface area (Å²) in [4.78, 5) is 12.1. The van der Waals surface area contributed by atoms with Gasteiger partial charge in [-0.05, 0) is 43.9 Å². The molecule has 2 aliphatic carbocycles. The molecule has 0 saturated heterocycles. The second-order valence-corrected chi connectivity index (χ2v) is 5.87. The number of fused-ring (bicyclic) bond motifs is 2. The first-order valence-corrected chi connectivity index (χ1v) is 7.38. The van der Waals surface area contributed by atoms with Gasteiger partial charge in [0.15, 0.2) is 0 Å². The molecule has 0 aromatic rings. The van der Waals surface area contributed by atoms with Crippen LogP contribution in [-0.2, 0) is 4.79 Å². The fourth-order valence-electron chi connectivity index (χ4n) is 3.64. The number of hydrogen-bond donors (Lipinski definition) is 3. The molecule has 18 heavy (non-hydrogen) atoms. The van der Waals surface area contributed by atoms with Crippen LogP contribution in [0, 0.1) is 17.8 Å². The van der Waals surface area contributed by atoms with Gasteiger partial charge in [0, 0.05) is 19.2 Å². The molecule has 0 heterocycles. The van der Waals surface area contributed by atoms with E-state index in [1.807, 2.05) is 0 Å². The van der Waals surface area contributed by atoms with Gasteiger partial charge in [0.05, 0.1) is 5.92 Å². The van der Waals surface area contributed by atoms with Crippen LogP contribution in [0.3, 0.4) is 0 Å². The van der Waals surface area contributed by atoms with Crippen molar-refractivity contribution in [2.24, 2.45) is 23.5 Å². The van der Waals surface area contributed by atoms with Crippen LogP contribution in [0.1, 0.15) is 44.9 Å². The number of unbranched alkanes of at least 4 members (excludes halogenated alkanes) is 3. The summed E-state index contributed by atoms with van der Waals surface area (Å²) in [7, 11) is 0. The summed E-state index contributed by atoms with van der Waals surface area (Å²) >= 11 is 0. The molecule has 4 unspecified atom stereocenters. The molecule has 2 aliphatic rings. The summed E-state index contributed by atoms with van der Waals surface area (Å²) in [6.07, 6.45) is 7.55. The predicted octanol–water partition coefficient (Wildman–Crippen LogP) is 1.03. The number of nitrogens with one attached hydrogen (secondary N) is 1. The fraction of sp³-hybridized carbons (Fsp3) is 0.929. The third-order valence-electron chi connectivity index (χ3n) is 4.67. The molecule has 0 radical (unpaired) electrons. The van der Waals surface area contributed by atoms with Crippen molar-refractivity contribution in [3.05, 3.63) is 0 Å². The Bertz CT molecular complexity index is 281. The summed E-state index contributed by atoms with van der Waals surface area (Å²) in [6, 6.07) is 0.0955. The van der Waals surface area contributed by atoms with Gasteiger partial charge in [-0.15, -0.1) is 0 Å². The first-order valence-electron chi connectivity index (χ1n) is 7.38. The van der Waals surface area contributed by atoms with Gasteiger partial charge in [0.25, 0.3) is 0 Å². The molecule has 4 nitrogen and oxygen atoms in total. The minimum atomic E-state index is 0.0705. The molecule has 2 saturated carbocycles. The van der Waals surface area contributed by atoms with E-state index in [0.717, 1.165) is 38.6 Å². The Morgan fingerprint density at radius 3 is 2.56 bits per heavy atom. The van der Waals surface area contributed by atoms with Gasteiger partial charge in [0.1, 0.15) is 0 Å². The van der Waals surface area contributed by atoms with Crippen LogP contribution in [-0.4, -0.2) is 30.2 Å². The minimum Gasteiger partial charge on any atom is -0.396 e. The van der Waals surface area contributed by atoms with Crippen molar-refractivity contribution in [2.45, 2.75) is 51.0 Å². The maximum atomic E-state index is 12.1. The number of hydrogen-bond acceptors (Lipinski definition) is 3. The van der Waals surface area contributed by atoms with Crippen molar-refractivity contribution < 1.29 is 9.90 Å². The lowest BCUT2D eigenvalue weighted by Crippen LogP contribution is -2.45. The smallest absolute Gasteiger partial charge is 0.224 e. The number of aliphatic hydroxyl groups excluding tert-OH is 1. The number of rotatable bonds is 7. The highest BCUT2D eigenvalue weighted by molar-refractivity contribution is 5.80. The Hall–Kier alpha value is -0.610. The summed E-state index contributed by atoms with van der Waals surface area (Å²) in [5.41, 5.74) is 6.15. The van der Waals surface area contributed by atoms with Crippen LogP contribution >= 0.6 is 0 Å². The van der Waals surface area contributed by atoms with Gasteiger partial charge in [-0.2, -0.15) is 0 Å². The zero-order valence-electron chi connectivity index (χ0n) is 11.1. The Labute approximate surface area is 109 Å². The number of nitrogens with two attached hydrogens (primary N) is 1. The fourth-order valence-corrected chi connectivity index (χ4v) is 3.64. The maximum absolute atomic E-state index is 12.1. The molecule has 2 fully saturated rings. The van der Waals surface area contributed by atoms with Crippen LogP contribution in [0.4, 0.5) is 0 Å². The van der Waals surface area contributed by atoms with Crippen LogP contribution in [0.5, 0.6) is 0 Å². The van der Waals surface area contributed by atoms with Gasteiger partial charge >= 0.3 is 0 Å². The standard InChI is InChI=1S/C14H26N2O2/c15-13-11-6-5-10(9-11)12(13)14(18)16-7-3-1-2-4-8-17/h10-13,17H,1-9,15H2,(H,16,18). The molecule has 0 spiro atoms. The Morgan fingerprint density at radius 2 is 1.89 bits per heavy atom. The number of aliphatic hydroxyl groups is 1. The molecule has 2 rings (SSSR count). The zero-order valence-corrected chi connectivity index (χ0v) is 11.1. The lowest BCUT2D eigenvalue weighted by Gasteiger charge is -2.27. The van der Waals surface area contributed by atoms with E-state index in [0.29, 0.717) is 11.8 Å². The molecule has 0 aliphatic heterocycles. The molecule has 4 heteroatoms. The van der Waals surface area contributed by atoms with E-state index in [4.69, 9.17) is 10.8 Å². The average Bonchev–Trinajstić information content (AvgIpc) is 2.94. The van der Waals surface area contributed by atoms with Crippen LogP contribution in [0.25, 0.3) is 0 Å². The molecule has 2 bridgehead atoms. The van der Waals surface area contributed by atoms with Crippen LogP contribution in [0.15, 0.2) is 0 Å². The summed E-state index contributed by atoms with van der Waals surface area (Å²) in [5, 5.41) is 11.7. The first-order chi connectivity index (χ1) is 8.74. The molecule has 0 aromatic heterocycles. The minimum absolute atomic E-state index is 0.0705. The lowest BCUT2D eigenvalue weighted by atomic mass is 9.84. The molecule has 0 aromatic carbocycles. The van der Waals surface area contributed by atoms with Gasteiger partial charge in [-0.3, -0.25) is 4.79 Å². The quantitative estimate of drug-likeness (QED) is 0.594. The van der Waals surface area contributed by atoms with E-state index in [1.165, 1.54) is 12.8 Å². The highest BCUT2D eigenvalue weighted by atomic mass is 16.2. The van der Waals surface area contributed by atoms with E-state index in [-0.39, 0.29) is 24.5 Å². The SMILES string of the molecule is NC1C2CCC(C2)C1C(=O)NCCCCCCO. The summed E-state index contributed by atoms with van der Waals surface area (Å²) in [5.74, 6) is 1.38. The Balaban J connectivity index is 1.63. The predicted molar refractivity (Wildman–Crippen MR) is 70.9 cm³/mol. The molecular formula is C14H26N2O2. The van der Waals surface area contributed by atoms with E-state index >= 15 is 0 Å². The second-order valence-electron chi connectivity index (χ2n) is 5.87. The third kappa shape index (κ3) is 3.04. The first kappa shape index (κ1) is 13.8. The average molecular weight is 254 g/mol. The van der Waals surface area contributed by atoms with Crippen molar-refractivity contribution in [2.75, 3.05) is 13.2 Å². The maximum Gasteiger partial charge on any atom is 0.224 e. The van der Waals surface area contributed by atoms with E-state index in [2.05, 4.69) is 5.32 Å². The summed E-state index contributed by atoms with van der Waals surface area (Å²) < 4.78 is 0. The highest BCUT2D eigenvalue weighted by Gasteiger charge is 2.48. The largest absolute Gasteiger partial charge is 0.396 e. The number of carbonyl (C=O) groups is 1. The molecular weight excluding hydrogens is 228 g/mol. The molecule has 104 valence electrons. The number of amides is 1.